The molecule has 1 aromatic heterocycles. The number of pyridine rings is 1. The number of benzene rings is 1. The Balaban J connectivity index is 2.53. The molecule has 0 spiro atoms. The minimum atomic E-state index is 0.239. The van der Waals surface area contributed by atoms with Gasteiger partial charge in [0, 0.05) is 11.8 Å². The van der Waals surface area contributed by atoms with Crippen LogP contribution >= 0.6 is 0 Å². The first kappa shape index (κ1) is 13.8. The van der Waals surface area contributed by atoms with E-state index in [1.807, 2.05) is 12.3 Å². The summed E-state index contributed by atoms with van der Waals surface area (Å²) >= 11 is 0. The quantitative estimate of drug-likeness (QED) is 0.712. The van der Waals surface area contributed by atoms with Gasteiger partial charge in [-0.05, 0) is 36.0 Å². The first-order chi connectivity index (χ1) is 9.21. The second-order valence-electron chi connectivity index (χ2n) is 5.42. The Labute approximate surface area is 116 Å². The summed E-state index contributed by atoms with van der Waals surface area (Å²) in [5.41, 5.74) is 4.02. The van der Waals surface area contributed by atoms with Crippen molar-refractivity contribution in [3.05, 3.63) is 54.2 Å². The van der Waals surface area contributed by atoms with E-state index in [1.165, 1.54) is 24.0 Å². The van der Waals surface area contributed by atoms with E-state index >= 15 is 0 Å². The summed E-state index contributed by atoms with van der Waals surface area (Å²) in [5, 5.41) is 0. The molecule has 0 fully saturated rings. The van der Waals surface area contributed by atoms with Gasteiger partial charge in [-0.1, -0.05) is 57.5 Å². The van der Waals surface area contributed by atoms with Crippen LogP contribution in [0.1, 0.15) is 45.6 Å². The van der Waals surface area contributed by atoms with Crippen LogP contribution in [-0.4, -0.2) is 4.98 Å². The van der Waals surface area contributed by atoms with Crippen LogP contribution in [-0.2, 0) is 5.41 Å². The van der Waals surface area contributed by atoms with E-state index in [-0.39, 0.29) is 5.41 Å². The maximum Gasteiger partial charge on any atom is 0.0704 e. The number of hydrogen-bond acceptors (Lipinski definition) is 1. The van der Waals surface area contributed by atoms with Gasteiger partial charge < -0.3 is 0 Å². The van der Waals surface area contributed by atoms with E-state index in [2.05, 4.69) is 62.2 Å². The lowest BCUT2D eigenvalue weighted by atomic mass is 9.74. The van der Waals surface area contributed by atoms with Crippen LogP contribution in [0.25, 0.3) is 11.3 Å². The number of rotatable bonds is 5. The van der Waals surface area contributed by atoms with E-state index < -0.39 is 0 Å². The van der Waals surface area contributed by atoms with Crippen LogP contribution in [0.5, 0.6) is 0 Å². The Kier molecular flexibility index (Phi) is 4.36. The van der Waals surface area contributed by atoms with E-state index in [0.717, 1.165) is 12.1 Å². The van der Waals surface area contributed by atoms with Gasteiger partial charge in [0.15, 0.2) is 0 Å². The molecule has 100 valence electrons. The van der Waals surface area contributed by atoms with Crippen LogP contribution in [0, 0.1) is 0 Å². The molecule has 0 amide bonds. The molecular formula is C18H23N. The van der Waals surface area contributed by atoms with Crippen LogP contribution in [0.4, 0.5) is 0 Å². The molecule has 0 saturated heterocycles. The van der Waals surface area contributed by atoms with Gasteiger partial charge in [-0.25, -0.2) is 0 Å². The molecule has 1 aromatic carbocycles. The third-order valence-corrected chi connectivity index (χ3v) is 4.10. The smallest absolute Gasteiger partial charge is 0.0704 e. The van der Waals surface area contributed by atoms with Gasteiger partial charge in [0.2, 0.25) is 0 Å². The van der Waals surface area contributed by atoms with Gasteiger partial charge in [-0.3, -0.25) is 4.98 Å². The third-order valence-electron chi connectivity index (χ3n) is 4.10. The number of nitrogens with zero attached hydrogens (tertiary/aromatic N) is 1. The fourth-order valence-electron chi connectivity index (χ4n) is 2.81. The van der Waals surface area contributed by atoms with Gasteiger partial charge in [-0.15, -0.1) is 0 Å². The minimum Gasteiger partial charge on any atom is -0.256 e. The van der Waals surface area contributed by atoms with E-state index in [1.54, 1.807) is 0 Å². The SMILES string of the molecule is CCC[C@](C)(CC)c1ccccc1-c1ccccn1. The molecule has 0 aliphatic rings. The summed E-state index contributed by atoms with van der Waals surface area (Å²) in [6, 6.07) is 14.8. The van der Waals surface area contributed by atoms with E-state index in [4.69, 9.17) is 0 Å². The van der Waals surface area contributed by atoms with Crippen molar-refractivity contribution in [3.63, 3.8) is 0 Å². The summed E-state index contributed by atoms with van der Waals surface area (Å²) in [7, 11) is 0. The summed E-state index contributed by atoms with van der Waals surface area (Å²) in [4.78, 5) is 4.52. The van der Waals surface area contributed by atoms with Crippen molar-refractivity contribution in [2.75, 3.05) is 0 Å². The topological polar surface area (TPSA) is 12.9 Å². The van der Waals surface area contributed by atoms with Gasteiger partial charge >= 0.3 is 0 Å². The minimum absolute atomic E-state index is 0.239. The predicted molar refractivity (Wildman–Crippen MR) is 82.2 cm³/mol. The fourth-order valence-corrected chi connectivity index (χ4v) is 2.81. The Bertz CT molecular complexity index is 518. The number of hydrogen-bond donors (Lipinski definition) is 0. The lowest BCUT2D eigenvalue weighted by Crippen LogP contribution is -2.21. The molecule has 1 heteroatoms. The van der Waals surface area contributed by atoms with Crippen molar-refractivity contribution in [1.82, 2.24) is 4.98 Å². The Morgan fingerprint density at radius 1 is 1.00 bits per heavy atom. The lowest BCUT2D eigenvalue weighted by molar-refractivity contribution is 0.415. The van der Waals surface area contributed by atoms with E-state index in [0.29, 0.717) is 0 Å². The Morgan fingerprint density at radius 2 is 1.74 bits per heavy atom. The van der Waals surface area contributed by atoms with Gasteiger partial charge in [0.05, 0.1) is 5.69 Å². The maximum atomic E-state index is 4.52. The monoisotopic (exact) mass is 253 g/mol. The molecule has 1 heterocycles. The summed E-state index contributed by atoms with van der Waals surface area (Å²) < 4.78 is 0. The molecular weight excluding hydrogens is 230 g/mol. The highest BCUT2D eigenvalue weighted by Gasteiger charge is 2.26. The first-order valence-corrected chi connectivity index (χ1v) is 7.22. The van der Waals surface area contributed by atoms with Crippen molar-refractivity contribution in [2.24, 2.45) is 0 Å². The predicted octanol–water partition coefficient (Wildman–Crippen LogP) is 5.22. The average molecular weight is 253 g/mol. The Morgan fingerprint density at radius 3 is 2.37 bits per heavy atom. The molecule has 0 aliphatic heterocycles. The molecule has 0 radical (unpaired) electrons. The normalized spacial score (nSPS) is 14.1. The van der Waals surface area contributed by atoms with Crippen LogP contribution in [0.3, 0.4) is 0 Å². The van der Waals surface area contributed by atoms with Gasteiger partial charge in [0.1, 0.15) is 0 Å². The Hall–Kier alpha value is -1.63. The summed E-state index contributed by atoms with van der Waals surface area (Å²) in [6.45, 7) is 6.92. The second-order valence-corrected chi connectivity index (χ2v) is 5.42. The first-order valence-electron chi connectivity index (χ1n) is 7.22. The zero-order valence-corrected chi connectivity index (χ0v) is 12.2. The largest absolute Gasteiger partial charge is 0.256 e. The van der Waals surface area contributed by atoms with Gasteiger partial charge in [-0.2, -0.15) is 0 Å². The average Bonchev–Trinajstić information content (AvgIpc) is 2.48. The van der Waals surface area contributed by atoms with Crippen LogP contribution < -0.4 is 0 Å². The third kappa shape index (κ3) is 2.86. The van der Waals surface area contributed by atoms with Gasteiger partial charge in [0.25, 0.3) is 0 Å². The van der Waals surface area contributed by atoms with Crippen molar-refractivity contribution in [1.29, 1.82) is 0 Å². The summed E-state index contributed by atoms with van der Waals surface area (Å²) in [5.74, 6) is 0. The molecule has 1 atom stereocenters. The molecule has 0 bridgehead atoms. The fraction of sp³-hybridized carbons (Fsp3) is 0.389. The zero-order chi connectivity index (χ0) is 13.7. The molecule has 2 aromatic rings. The van der Waals surface area contributed by atoms with Crippen molar-refractivity contribution < 1.29 is 0 Å². The highest BCUT2D eigenvalue weighted by molar-refractivity contribution is 5.65. The molecule has 0 saturated carbocycles. The molecule has 1 nitrogen and oxygen atoms in total. The van der Waals surface area contributed by atoms with Crippen LogP contribution in [0.15, 0.2) is 48.7 Å². The maximum absolute atomic E-state index is 4.52. The highest BCUT2D eigenvalue weighted by atomic mass is 14.7. The standard InChI is InChI=1S/C18H23N/c1-4-13-18(3,5-2)16-11-7-6-10-15(16)17-12-8-9-14-19-17/h6-12,14H,4-5,13H2,1-3H3/t18-/m0/s1. The van der Waals surface area contributed by atoms with E-state index in [9.17, 15) is 0 Å². The molecule has 0 unspecified atom stereocenters. The summed E-state index contributed by atoms with van der Waals surface area (Å²) in [6.07, 6.45) is 5.45. The molecule has 2 rings (SSSR count). The molecule has 0 aliphatic carbocycles. The molecule has 0 N–H and O–H groups in total. The lowest BCUT2D eigenvalue weighted by Gasteiger charge is -2.30. The van der Waals surface area contributed by atoms with Crippen LogP contribution in [0.2, 0.25) is 0 Å². The van der Waals surface area contributed by atoms with Crippen molar-refractivity contribution >= 4 is 0 Å². The van der Waals surface area contributed by atoms with Crippen molar-refractivity contribution in [2.45, 2.75) is 45.4 Å². The second kappa shape index (κ2) is 6.01. The zero-order valence-electron chi connectivity index (χ0n) is 12.2. The molecule has 19 heavy (non-hydrogen) atoms. The van der Waals surface area contributed by atoms with Crippen molar-refractivity contribution in [3.8, 4) is 11.3 Å². The highest BCUT2D eigenvalue weighted by Crippen LogP contribution is 2.38. The number of aromatic nitrogens is 1.